The minimum absolute atomic E-state index is 0.0514. The summed E-state index contributed by atoms with van der Waals surface area (Å²) in [5, 5.41) is 6.89. The van der Waals surface area contributed by atoms with Crippen LogP contribution < -0.4 is 4.90 Å². The number of amides is 1. The quantitative estimate of drug-likeness (QED) is 0.816. The number of thiazole rings is 1. The maximum absolute atomic E-state index is 12.4. The van der Waals surface area contributed by atoms with E-state index in [1.165, 1.54) is 11.3 Å². The number of rotatable bonds is 5. The molecule has 7 nitrogen and oxygen atoms in total. The third kappa shape index (κ3) is 4.15. The minimum atomic E-state index is 0.0514. The van der Waals surface area contributed by atoms with Crippen molar-refractivity contribution in [2.45, 2.75) is 19.6 Å². The normalized spacial score (nSPS) is 19.0. The zero-order valence-electron chi connectivity index (χ0n) is 13.4. The lowest BCUT2D eigenvalue weighted by atomic mass is 10.2. The van der Waals surface area contributed by atoms with Gasteiger partial charge in [0.25, 0.3) is 0 Å². The first kappa shape index (κ1) is 16.1. The van der Waals surface area contributed by atoms with Gasteiger partial charge in [-0.25, -0.2) is 4.98 Å². The Morgan fingerprint density at radius 3 is 3.13 bits per heavy atom. The van der Waals surface area contributed by atoms with Gasteiger partial charge < -0.3 is 4.74 Å². The van der Waals surface area contributed by atoms with Crippen molar-refractivity contribution in [3.8, 4) is 0 Å². The number of anilines is 1. The lowest BCUT2D eigenvalue weighted by Gasteiger charge is -2.33. The molecule has 0 aromatic carbocycles. The average Bonchev–Trinajstić information content (AvgIpc) is 3.19. The van der Waals surface area contributed by atoms with Gasteiger partial charge in [-0.3, -0.25) is 19.3 Å². The first-order chi connectivity index (χ1) is 11.1. The van der Waals surface area contributed by atoms with Crippen LogP contribution >= 0.6 is 11.3 Å². The molecule has 0 unspecified atom stereocenters. The highest BCUT2D eigenvalue weighted by Crippen LogP contribution is 2.16. The summed E-state index contributed by atoms with van der Waals surface area (Å²) >= 11 is 1.47. The number of nitrogens with zero attached hydrogens (tertiary/aromatic N) is 5. The minimum Gasteiger partial charge on any atom is -0.374 e. The van der Waals surface area contributed by atoms with Gasteiger partial charge in [0.05, 0.1) is 32.0 Å². The second kappa shape index (κ2) is 7.20. The van der Waals surface area contributed by atoms with Crippen LogP contribution in [0.1, 0.15) is 5.56 Å². The maximum atomic E-state index is 12.4. The molecule has 1 amide bonds. The molecule has 2 aromatic rings. The number of hydrogen-bond donors (Lipinski definition) is 0. The van der Waals surface area contributed by atoms with Gasteiger partial charge in [0.15, 0.2) is 5.13 Å². The summed E-state index contributed by atoms with van der Waals surface area (Å²) in [5.74, 6) is 0.0514. The average molecular weight is 335 g/mol. The Kier molecular flexibility index (Phi) is 5.04. The van der Waals surface area contributed by atoms with E-state index in [9.17, 15) is 4.79 Å². The summed E-state index contributed by atoms with van der Waals surface area (Å²) in [6.07, 6.45) is 5.61. The van der Waals surface area contributed by atoms with Gasteiger partial charge in [0.2, 0.25) is 5.91 Å². The van der Waals surface area contributed by atoms with Gasteiger partial charge in [0.1, 0.15) is 0 Å². The van der Waals surface area contributed by atoms with Crippen molar-refractivity contribution < 1.29 is 9.53 Å². The molecule has 3 rings (SSSR count). The summed E-state index contributed by atoms with van der Waals surface area (Å²) in [5.41, 5.74) is 1.14. The van der Waals surface area contributed by atoms with Crippen molar-refractivity contribution in [1.82, 2.24) is 19.7 Å². The number of morpholine rings is 1. The molecule has 1 saturated heterocycles. The smallest absolute Gasteiger partial charge is 0.242 e. The second-order valence-corrected chi connectivity index (χ2v) is 6.61. The number of likely N-dealkylation sites (N-methyl/N-ethyl adjacent to an activating group) is 1. The van der Waals surface area contributed by atoms with Crippen molar-refractivity contribution in [3.63, 3.8) is 0 Å². The van der Waals surface area contributed by atoms with E-state index in [1.807, 2.05) is 29.4 Å². The zero-order chi connectivity index (χ0) is 16.2. The molecular formula is C15H21N5O2S. The molecule has 8 heteroatoms. The fraction of sp³-hybridized carbons (Fsp3) is 0.533. The Balaban J connectivity index is 1.53. The molecule has 0 aliphatic carbocycles. The SMILES string of the molecule is Cc1cnn(C[C@H]2CN(CC(=O)N(C)c3nccs3)CCO2)c1. The van der Waals surface area contributed by atoms with Crippen LogP contribution in [0.2, 0.25) is 0 Å². The Bertz CT molecular complexity index is 642. The van der Waals surface area contributed by atoms with E-state index in [2.05, 4.69) is 15.0 Å². The van der Waals surface area contributed by atoms with E-state index in [1.54, 1.807) is 18.1 Å². The van der Waals surface area contributed by atoms with Gasteiger partial charge in [-0.1, -0.05) is 0 Å². The Morgan fingerprint density at radius 1 is 1.57 bits per heavy atom. The molecule has 23 heavy (non-hydrogen) atoms. The van der Waals surface area contributed by atoms with E-state index >= 15 is 0 Å². The molecule has 0 saturated carbocycles. The topological polar surface area (TPSA) is 63.5 Å². The Labute approximate surface area is 139 Å². The molecule has 0 bridgehead atoms. The van der Waals surface area contributed by atoms with Crippen LogP contribution in [0.15, 0.2) is 24.0 Å². The number of ether oxygens (including phenoxy) is 1. The van der Waals surface area contributed by atoms with Crippen molar-refractivity contribution in [2.75, 3.05) is 38.2 Å². The molecule has 1 atom stereocenters. The summed E-state index contributed by atoms with van der Waals surface area (Å²) < 4.78 is 7.69. The van der Waals surface area contributed by atoms with Crippen LogP contribution in [0.5, 0.6) is 0 Å². The monoisotopic (exact) mass is 335 g/mol. The predicted octanol–water partition coefficient (Wildman–Crippen LogP) is 1.01. The molecule has 1 fully saturated rings. The number of hydrogen-bond acceptors (Lipinski definition) is 6. The zero-order valence-corrected chi connectivity index (χ0v) is 14.2. The van der Waals surface area contributed by atoms with E-state index in [0.29, 0.717) is 19.7 Å². The highest BCUT2D eigenvalue weighted by atomic mass is 32.1. The largest absolute Gasteiger partial charge is 0.374 e. The molecular weight excluding hydrogens is 314 g/mol. The first-order valence-corrected chi connectivity index (χ1v) is 8.49. The number of carbonyl (C=O) groups is 1. The lowest BCUT2D eigenvalue weighted by molar-refractivity contribution is -0.121. The van der Waals surface area contributed by atoms with Crippen LogP contribution in [-0.4, -0.2) is 65.0 Å². The van der Waals surface area contributed by atoms with Crippen LogP contribution in [0.3, 0.4) is 0 Å². The first-order valence-electron chi connectivity index (χ1n) is 7.61. The number of carbonyl (C=O) groups excluding carboxylic acids is 1. The van der Waals surface area contributed by atoms with Gasteiger partial charge in [-0.2, -0.15) is 5.10 Å². The van der Waals surface area contributed by atoms with E-state index in [-0.39, 0.29) is 12.0 Å². The molecule has 0 radical (unpaired) electrons. The lowest BCUT2D eigenvalue weighted by Crippen LogP contribution is -2.48. The van der Waals surface area contributed by atoms with Gasteiger partial charge in [0, 0.05) is 37.9 Å². The summed E-state index contributed by atoms with van der Waals surface area (Å²) in [7, 11) is 1.77. The van der Waals surface area contributed by atoms with E-state index in [4.69, 9.17) is 4.74 Å². The van der Waals surface area contributed by atoms with Gasteiger partial charge in [-0.05, 0) is 12.5 Å². The molecule has 1 aliphatic rings. The fourth-order valence-electron chi connectivity index (χ4n) is 2.60. The number of aromatic nitrogens is 3. The van der Waals surface area contributed by atoms with Crippen molar-refractivity contribution >= 4 is 22.4 Å². The van der Waals surface area contributed by atoms with Crippen LogP contribution in [-0.2, 0) is 16.1 Å². The van der Waals surface area contributed by atoms with Crippen molar-refractivity contribution in [3.05, 3.63) is 29.5 Å². The van der Waals surface area contributed by atoms with Gasteiger partial charge >= 0.3 is 0 Å². The predicted molar refractivity (Wildman–Crippen MR) is 88.7 cm³/mol. The van der Waals surface area contributed by atoms with Crippen LogP contribution in [0.25, 0.3) is 0 Å². The van der Waals surface area contributed by atoms with Crippen LogP contribution in [0, 0.1) is 6.92 Å². The summed E-state index contributed by atoms with van der Waals surface area (Å²) in [6, 6.07) is 0. The molecule has 3 heterocycles. The molecule has 1 aliphatic heterocycles. The third-order valence-electron chi connectivity index (χ3n) is 3.82. The second-order valence-electron chi connectivity index (χ2n) is 5.74. The molecule has 2 aromatic heterocycles. The van der Waals surface area contributed by atoms with E-state index in [0.717, 1.165) is 23.8 Å². The summed E-state index contributed by atoms with van der Waals surface area (Å²) in [6.45, 7) is 5.25. The Morgan fingerprint density at radius 2 is 2.43 bits per heavy atom. The Hall–Kier alpha value is -1.77. The van der Waals surface area contributed by atoms with Crippen molar-refractivity contribution in [2.24, 2.45) is 0 Å². The molecule has 124 valence electrons. The van der Waals surface area contributed by atoms with Crippen molar-refractivity contribution in [1.29, 1.82) is 0 Å². The van der Waals surface area contributed by atoms with Crippen LogP contribution in [0.4, 0.5) is 5.13 Å². The van der Waals surface area contributed by atoms with E-state index < -0.39 is 0 Å². The number of aryl methyl sites for hydroxylation is 1. The highest BCUT2D eigenvalue weighted by Gasteiger charge is 2.24. The maximum Gasteiger partial charge on any atom is 0.242 e. The van der Waals surface area contributed by atoms with Gasteiger partial charge in [-0.15, -0.1) is 11.3 Å². The highest BCUT2D eigenvalue weighted by molar-refractivity contribution is 7.13. The standard InChI is InChI=1S/C15H21N5O2S/c1-12-7-17-20(8-12)10-13-9-19(4-5-22-13)11-14(21)18(2)15-16-3-6-23-15/h3,6-8,13H,4-5,9-11H2,1-2H3/t13-/m1/s1. The third-order valence-corrected chi connectivity index (χ3v) is 4.66. The molecule has 0 N–H and O–H groups in total. The molecule has 0 spiro atoms. The fourth-order valence-corrected chi connectivity index (χ4v) is 3.22. The summed E-state index contributed by atoms with van der Waals surface area (Å²) in [4.78, 5) is 20.3.